The number of nitrogens with zero attached hydrogens (tertiary/aromatic N) is 2. The molecule has 25 heavy (non-hydrogen) atoms. The largest absolute Gasteiger partial charge is 0.497 e. The highest BCUT2D eigenvalue weighted by molar-refractivity contribution is 5.89. The number of amides is 1. The number of methoxy groups -OCH3 is 1. The second-order valence-electron chi connectivity index (χ2n) is 5.48. The van der Waals surface area contributed by atoms with E-state index in [4.69, 9.17) is 9.15 Å². The molecule has 1 amide bonds. The highest BCUT2D eigenvalue weighted by atomic mass is 16.5. The third-order valence-electron chi connectivity index (χ3n) is 3.91. The van der Waals surface area contributed by atoms with Crippen molar-refractivity contribution in [1.29, 1.82) is 0 Å². The Morgan fingerprint density at radius 3 is 2.76 bits per heavy atom. The molecule has 7 heteroatoms. The van der Waals surface area contributed by atoms with E-state index in [0.717, 1.165) is 10.9 Å². The predicted molar refractivity (Wildman–Crippen MR) is 92.8 cm³/mol. The molecule has 0 unspecified atom stereocenters. The van der Waals surface area contributed by atoms with Crippen molar-refractivity contribution in [3.63, 3.8) is 0 Å². The van der Waals surface area contributed by atoms with E-state index in [1.54, 1.807) is 37.7 Å². The summed E-state index contributed by atoms with van der Waals surface area (Å²) in [4.78, 5) is 32.1. The Kier molecular flexibility index (Phi) is 4.74. The minimum atomic E-state index is -0.443. The number of carbonyl (C=O) groups excluding carboxylic acids is 1. The van der Waals surface area contributed by atoms with Crippen molar-refractivity contribution < 1.29 is 13.9 Å². The van der Waals surface area contributed by atoms with Gasteiger partial charge in [-0.15, -0.1) is 0 Å². The van der Waals surface area contributed by atoms with E-state index >= 15 is 0 Å². The molecule has 0 saturated carbocycles. The molecule has 0 saturated heterocycles. The molecule has 1 N–H and O–H groups in total. The number of fused-ring (bicyclic) bond motifs is 1. The lowest BCUT2D eigenvalue weighted by atomic mass is 10.0. The first-order valence-electron chi connectivity index (χ1n) is 7.75. The Labute approximate surface area is 143 Å². The monoisotopic (exact) mass is 339 g/mol. The standard InChI is InChI=1S/C18H17N3O4/c1-11-13-5-4-12(24-2)10-15(13)25-17(23)14(11)6-7-16(22)21-18-19-8-3-9-20-18/h3-5,8-10H,6-7H2,1-2H3,(H,19,20,21,22). The van der Waals surface area contributed by atoms with Crippen LogP contribution in [0.25, 0.3) is 11.0 Å². The Balaban J connectivity index is 1.79. The lowest BCUT2D eigenvalue weighted by molar-refractivity contribution is -0.116. The van der Waals surface area contributed by atoms with Gasteiger partial charge in [-0.25, -0.2) is 14.8 Å². The van der Waals surface area contributed by atoms with E-state index in [1.165, 1.54) is 0 Å². The first kappa shape index (κ1) is 16.6. The Hall–Kier alpha value is -3.22. The zero-order valence-electron chi connectivity index (χ0n) is 13.9. The average molecular weight is 339 g/mol. The summed E-state index contributed by atoms with van der Waals surface area (Å²) in [5.74, 6) is 0.590. The molecule has 0 aliphatic heterocycles. The van der Waals surface area contributed by atoms with Gasteiger partial charge in [-0.05, 0) is 37.1 Å². The topological polar surface area (TPSA) is 94.3 Å². The second-order valence-corrected chi connectivity index (χ2v) is 5.48. The summed E-state index contributed by atoms with van der Waals surface area (Å²) in [6.07, 6.45) is 3.48. The Bertz CT molecular complexity index is 967. The number of anilines is 1. The number of ether oxygens (including phenoxy) is 1. The molecule has 7 nitrogen and oxygen atoms in total. The molecule has 0 atom stereocenters. The normalized spacial score (nSPS) is 10.6. The van der Waals surface area contributed by atoms with Crippen molar-refractivity contribution in [1.82, 2.24) is 9.97 Å². The van der Waals surface area contributed by atoms with Gasteiger partial charge in [-0.2, -0.15) is 0 Å². The summed E-state index contributed by atoms with van der Waals surface area (Å²) in [5, 5.41) is 3.41. The van der Waals surface area contributed by atoms with Crippen LogP contribution in [0.5, 0.6) is 5.75 Å². The molecule has 0 spiro atoms. The number of nitrogens with one attached hydrogen (secondary N) is 1. The molecular formula is C18H17N3O4. The summed E-state index contributed by atoms with van der Waals surface area (Å²) in [6.45, 7) is 1.85. The summed E-state index contributed by atoms with van der Waals surface area (Å²) in [6, 6.07) is 6.98. The number of benzene rings is 1. The molecule has 0 bridgehead atoms. The van der Waals surface area contributed by atoms with Gasteiger partial charge in [0, 0.05) is 35.8 Å². The van der Waals surface area contributed by atoms with Crippen molar-refractivity contribution in [2.45, 2.75) is 19.8 Å². The fourth-order valence-corrected chi connectivity index (χ4v) is 2.58. The van der Waals surface area contributed by atoms with Crippen molar-refractivity contribution in [3.05, 3.63) is 58.2 Å². The maximum Gasteiger partial charge on any atom is 0.339 e. The van der Waals surface area contributed by atoms with Crippen LogP contribution in [0, 0.1) is 6.92 Å². The van der Waals surface area contributed by atoms with E-state index in [0.29, 0.717) is 16.9 Å². The van der Waals surface area contributed by atoms with Gasteiger partial charge in [-0.3, -0.25) is 10.1 Å². The van der Waals surface area contributed by atoms with E-state index in [2.05, 4.69) is 15.3 Å². The number of hydrogen-bond acceptors (Lipinski definition) is 6. The van der Waals surface area contributed by atoms with Crippen molar-refractivity contribution in [3.8, 4) is 5.75 Å². The SMILES string of the molecule is COc1ccc2c(C)c(CCC(=O)Nc3ncccn3)c(=O)oc2c1. The smallest absolute Gasteiger partial charge is 0.339 e. The van der Waals surface area contributed by atoms with Gasteiger partial charge < -0.3 is 9.15 Å². The third-order valence-corrected chi connectivity index (χ3v) is 3.91. The zero-order valence-corrected chi connectivity index (χ0v) is 13.9. The maximum atomic E-state index is 12.3. The number of aryl methyl sites for hydroxylation is 1. The molecule has 3 rings (SSSR count). The minimum Gasteiger partial charge on any atom is -0.497 e. The molecular weight excluding hydrogens is 322 g/mol. The van der Waals surface area contributed by atoms with Crippen LogP contribution in [-0.2, 0) is 11.2 Å². The molecule has 0 radical (unpaired) electrons. The van der Waals surface area contributed by atoms with Gasteiger partial charge in [0.2, 0.25) is 11.9 Å². The Morgan fingerprint density at radius 2 is 2.04 bits per heavy atom. The van der Waals surface area contributed by atoms with E-state index in [9.17, 15) is 9.59 Å². The lowest BCUT2D eigenvalue weighted by Crippen LogP contribution is -2.17. The summed E-state index contributed by atoms with van der Waals surface area (Å²) in [7, 11) is 1.55. The second kappa shape index (κ2) is 7.12. The van der Waals surface area contributed by atoms with Gasteiger partial charge >= 0.3 is 5.63 Å². The quantitative estimate of drug-likeness (QED) is 0.718. The van der Waals surface area contributed by atoms with Crippen LogP contribution in [0.3, 0.4) is 0 Å². The number of aromatic nitrogens is 2. The van der Waals surface area contributed by atoms with Crippen LogP contribution in [0.2, 0.25) is 0 Å². The molecule has 128 valence electrons. The molecule has 2 aromatic heterocycles. The van der Waals surface area contributed by atoms with Crippen molar-refractivity contribution in [2.24, 2.45) is 0 Å². The first-order chi connectivity index (χ1) is 12.1. The van der Waals surface area contributed by atoms with E-state index in [-0.39, 0.29) is 24.7 Å². The van der Waals surface area contributed by atoms with Crippen LogP contribution >= 0.6 is 0 Å². The first-order valence-corrected chi connectivity index (χ1v) is 7.75. The minimum absolute atomic E-state index is 0.130. The van der Waals surface area contributed by atoms with Gasteiger partial charge in [-0.1, -0.05) is 0 Å². The zero-order chi connectivity index (χ0) is 17.8. The molecule has 0 fully saturated rings. The molecule has 0 aliphatic rings. The van der Waals surface area contributed by atoms with E-state index < -0.39 is 5.63 Å². The van der Waals surface area contributed by atoms with Crippen LogP contribution in [0.4, 0.5) is 5.95 Å². The maximum absolute atomic E-state index is 12.3. The lowest BCUT2D eigenvalue weighted by Gasteiger charge is -2.09. The van der Waals surface area contributed by atoms with Gasteiger partial charge in [0.15, 0.2) is 0 Å². The van der Waals surface area contributed by atoms with Gasteiger partial charge in [0.1, 0.15) is 11.3 Å². The summed E-state index contributed by atoms with van der Waals surface area (Å²) < 4.78 is 10.5. The highest BCUT2D eigenvalue weighted by Gasteiger charge is 2.14. The van der Waals surface area contributed by atoms with Crippen LogP contribution in [0.1, 0.15) is 17.5 Å². The van der Waals surface area contributed by atoms with Crippen LogP contribution in [0.15, 0.2) is 45.9 Å². The molecule has 1 aromatic carbocycles. The van der Waals surface area contributed by atoms with Crippen molar-refractivity contribution in [2.75, 3.05) is 12.4 Å². The summed E-state index contributed by atoms with van der Waals surface area (Å²) in [5.41, 5.74) is 1.31. The number of rotatable bonds is 5. The van der Waals surface area contributed by atoms with Gasteiger partial charge in [0.05, 0.1) is 7.11 Å². The summed E-state index contributed by atoms with van der Waals surface area (Å²) >= 11 is 0. The number of hydrogen-bond donors (Lipinski definition) is 1. The fraction of sp³-hybridized carbons (Fsp3) is 0.222. The molecule has 2 heterocycles. The van der Waals surface area contributed by atoms with Crippen molar-refractivity contribution >= 4 is 22.8 Å². The fourth-order valence-electron chi connectivity index (χ4n) is 2.58. The highest BCUT2D eigenvalue weighted by Crippen LogP contribution is 2.24. The Morgan fingerprint density at radius 1 is 1.28 bits per heavy atom. The molecule has 0 aliphatic carbocycles. The van der Waals surface area contributed by atoms with E-state index in [1.807, 2.05) is 13.0 Å². The molecule has 3 aromatic rings. The third kappa shape index (κ3) is 3.65. The predicted octanol–water partition coefficient (Wildman–Crippen LogP) is 2.47. The number of carbonyl (C=O) groups is 1. The van der Waals surface area contributed by atoms with Crippen LogP contribution in [-0.4, -0.2) is 23.0 Å². The average Bonchev–Trinajstić information content (AvgIpc) is 2.61. The van der Waals surface area contributed by atoms with Crippen LogP contribution < -0.4 is 15.7 Å². The van der Waals surface area contributed by atoms with Gasteiger partial charge in [0.25, 0.3) is 0 Å².